The second-order valence-electron chi connectivity index (χ2n) is 2.86. The summed E-state index contributed by atoms with van der Waals surface area (Å²) in [6.07, 6.45) is 5.82. The van der Waals surface area contributed by atoms with Gasteiger partial charge in [0, 0.05) is 19.3 Å². The Kier molecular flexibility index (Phi) is 1.62. The van der Waals surface area contributed by atoms with Gasteiger partial charge in [0.1, 0.15) is 11.6 Å². The van der Waals surface area contributed by atoms with Gasteiger partial charge in [-0.3, -0.25) is 0 Å². The van der Waals surface area contributed by atoms with Gasteiger partial charge >= 0.3 is 0 Å². The van der Waals surface area contributed by atoms with Crippen LogP contribution in [0.4, 0.5) is 0 Å². The van der Waals surface area contributed by atoms with E-state index in [0.717, 1.165) is 11.6 Å². The van der Waals surface area contributed by atoms with Crippen molar-refractivity contribution < 1.29 is 0 Å². The normalized spacial score (nSPS) is 26.5. The molecule has 0 spiro atoms. The quantitative estimate of drug-likeness (QED) is 0.581. The van der Waals surface area contributed by atoms with Gasteiger partial charge in [-0.05, 0) is 19.1 Å². The molecular weight excluding hydrogens is 152 g/mol. The molecule has 0 aromatic heterocycles. The van der Waals surface area contributed by atoms with Crippen molar-refractivity contribution in [3.8, 4) is 0 Å². The van der Waals surface area contributed by atoms with Crippen LogP contribution in [0.25, 0.3) is 0 Å². The maximum atomic E-state index is 4.22. The summed E-state index contributed by atoms with van der Waals surface area (Å²) < 4.78 is 0. The SMILES string of the molecule is CNC1=CC=NC2=CC(C)NN21. The summed E-state index contributed by atoms with van der Waals surface area (Å²) in [7, 11) is 1.90. The standard InChI is InChI=1S/C8H12N4/c1-6-5-8-10-4-3-7(9-2)12(8)11-6/h3-6,9,11H,1-2H3. The molecule has 2 heterocycles. The van der Waals surface area contributed by atoms with E-state index in [-0.39, 0.29) is 0 Å². The van der Waals surface area contributed by atoms with Crippen molar-refractivity contribution in [3.63, 3.8) is 0 Å². The molecule has 2 aliphatic rings. The molecule has 4 nitrogen and oxygen atoms in total. The van der Waals surface area contributed by atoms with E-state index in [0.29, 0.717) is 6.04 Å². The number of hydrogen-bond acceptors (Lipinski definition) is 4. The van der Waals surface area contributed by atoms with Crippen molar-refractivity contribution in [2.75, 3.05) is 7.05 Å². The van der Waals surface area contributed by atoms with E-state index in [1.165, 1.54) is 0 Å². The second kappa shape index (κ2) is 2.64. The maximum absolute atomic E-state index is 4.22. The van der Waals surface area contributed by atoms with Gasteiger partial charge < -0.3 is 5.32 Å². The predicted octanol–water partition coefficient (Wildman–Crippen LogP) is 0.182. The Bertz CT molecular complexity index is 277. The topological polar surface area (TPSA) is 39.7 Å². The van der Waals surface area contributed by atoms with Crippen LogP contribution in [0, 0.1) is 0 Å². The highest BCUT2D eigenvalue weighted by molar-refractivity contribution is 5.74. The van der Waals surface area contributed by atoms with Crippen LogP contribution in [0.5, 0.6) is 0 Å². The molecule has 0 aromatic rings. The fourth-order valence-corrected chi connectivity index (χ4v) is 1.35. The zero-order valence-corrected chi connectivity index (χ0v) is 7.20. The largest absolute Gasteiger partial charge is 0.373 e. The summed E-state index contributed by atoms with van der Waals surface area (Å²) in [6.45, 7) is 2.09. The second-order valence-corrected chi connectivity index (χ2v) is 2.86. The zero-order valence-electron chi connectivity index (χ0n) is 7.20. The molecule has 1 unspecified atom stereocenters. The lowest BCUT2D eigenvalue weighted by Crippen LogP contribution is -2.39. The van der Waals surface area contributed by atoms with E-state index in [4.69, 9.17) is 0 Å². The van der Waals surface area contributed by atoms with Gasteiger partial charge in [0.05, 0.1) is 0 Å². The third kappa shape index (κ3) is 1.00. The highest BCUT2D eigenvalue weighted by Gasteiger charge is 2.23. The van der Waals surface area contributed by atoms with Crippen molar-refractivity contribution in [2.24, 2.45) is 4.99 Å². The number of aliphatic imine (C=N–C) groups is 1. The Balaban J connectivity index is 2.28. The summed E-state index contributed by atoms with van der Waals surface area (Å²) in [5.74, 6) is 2.00. The molecule has 0 amide bonds. The molecule has 0 radical (unpaired) electrons. The van der Waals surface area contributed by atoms with Crippen LogP contribution in [0.3, 0.4) is 0 Å². The van der Waals surface area contributed by atoms with Crippen LogP contribution >= 0.6 is 0 Å². The lowest BCUT2D eigenvalue weighted by atomic mass is 10.3. The molecule has 2 aliphatic heterocycles. The van der Waals surface area contributed by atoms with Gasteiger partial charge in [0.15, 0.2) is 0 Å². The molecule has 2 rings (SSSR count). The van der Waals surface area contributed by atoms with Crippen LogP contribution in [0.2, 0.25) is 0 Å². The first-order valence-electron chi connectivity index (χ1n) is 4.01. The minimum absolute atomic E-state index is 0.354. The maximum Gasteiger partial charge on any atom is 0.146 e. The highest BCUT2D eigenvalue weighted by Crippen LogP contribution is 2.19. The van der Waals surface area contributed by atoms with Gasteiger partial charge in [0.2, 0.25) is 0 Å². The summed E-state index contributed by atoms with van der Waals surface area (Å²) in [5.41, 5.74) is 3.25. The summed E-state index contributed by atoms with van der Waals surface area (Å²) in [5, 5.41) is 5.04. The van der Waals surface area contributed by atoms with Crippen LogP contribution in [0.1, 0.15) is 6.92 Å². The fourth-order valence-electron chi connectivity index (χ4n) is 1.35. The Labute approximate surface area is 71.6 Å². The lowest BCUT2D eigenvalue weighted by Gasteiger charge is -2.25. The number of fused-ring (bicyclic) bond motifs is 1. The summed E-state index contributed by atoms with van der Waals surface area (Å²) in [6, 6.07) is 0.354. The molecule has 0 saturated carbocycles. The van der Waals surface area contributed by atoms with Gasteiger partial charge in [-0.1, -0.05) is 0 Å². The van der Waals surface area contributed by atoms with E-state index in [2.05, 4.69) is 28.7 Å². The van der Waals surface area contributed by atoms with E-state index < -0.39 is 0 Å². The van der Waals surface area contributed by atoms with Crippen molar-refractivity contribution in [1.29, 1.82) is 0 Å². The van der Waals surface area contributed by atoms with Crippen LogP contribution in [0.15, 0.2) is 28.8 Å². The minimum Gasteiger partial charge on any atom is -0.373 e. The van der Waals surface area contributed by atoms with Gasteiger partial charge in [-0.25, -0.2) is 15.4 Å². The summed E-state index contributed by atoms with van der Waals surface area (Å²) >= 11 is 0. The number of nitrogens with zero attached hydrogens (tertiary/aromatic N) is 2. The van der Waals surface area contributed by atoms with Gasteiger partial charge in [-0.15, -0.1) is 0 Å². The van der Waals surface area contributed by atoms with Crippen LogP contribution in [-0.4, -0.2) is 24.3 Å². The van der Waals surface area contributed by atoms with E-state index in [1.54, 1.807) is 6.21 Å². The zero-order chi connectivity index (χ0) is 8.55. The minimum atomic E-state index is 0.354. The van der Waals surface area contributed by atoms with Crippen molar-refractivity contribution in [1.82, 2.24) is 15.8 Å². The number of hydrazine groups is 1. The first-order valence-corrected chi connectivity index (χ1v) is 4.01. The van der Waals surface area contributed by atoms with Gasteiger partial charge in [-0.2, -0.15) is 0 Å². The Morgan fingerprint density at radius 3 is 3.25 bits per heavy atom. The molecular formula is C8H12N4. The van der Waals surface area contributed by atoms with E-state index in [9.17, 15) is 0 Å². The molecule has 4 heteroatoms. The van der Waals surface area contributed by atoms with E-state index in [1.807, 2.05) is 18.1 Å². The molecule has 0 saturated heterocycles. The monoisotopic (exact) mass is 164 g/mol. The molecule has 12 heavy (non-hydrogen) atoms. The Morgan fingerprint density at radius 2 is 2.50 bits per heavy atom. The first kappa shape index (κ1) is 7.36. The molecule has 0 aliphatic carbocycles. The third-order valence-corrected chi connectivity index (χ3v) is 1.90. The van der Waals surface area contributed by atoms with Crippen molar-refractivity contribution in [2.45, 2.75) is 13.0 Å². The summed E-state index contributed by atoms with van der Waals surface area (Å²) in [4.78, 5) is 4.22. The van der Waals surface area contributed by atoms with E-state index >= 15 is 0 Å². The molecule has 2 N–H and O–H groups in total. The predicted molar refractivity (Wildman–Crippen MR) is 48.2 cm³/mol. The highest BCUT2D eigenvalue weighted by atomic mass is 15.6. The molecule has 64 valence electrons. The Morgan fingerprint density at radius 1 is 1.67 bits per heavy atom. The number of rotatable bonds is 1. The number of nitrogens with one attached hydrogen (secondary N) is 2. The van der Waals surface area contributed by atoms with Crippen molar-refractivity contribution >= 4 is 6.21 Å². The average molecular weight is 164 g/mol. The molecule has 1 atom stereocenters. The van der Waals surface area contributed by atoms with Crippen LogP contribution in [-0.2, 0) is 0 Å². The molecule has 0 bridgehead atoms. The lowest BCUT2D eigenvalue weighted by molar-refractivity contribution is 0.304. The van der Waals surface area contributed by atoms with Crippen LogP contribution < -0.4 is 10.7 Å². The fraction of sp³-hybridized carbons (Fsp3) is 0.375. The Hall–Kier alpha value is -1.29. The van der Waals surface area contributed by atoms with Crippen molar-refractivity contribution in [3.05, 3.63) is 23.8 Å². The first-order chi connectivity index (χ1) is 5.81. The average Bonchev–Trinajstić information content (AvgIpc) is 2.44. The number of allylic oxidation sites excluding steroid dienone is 1. The number of hydrogen-bond donors (Lipinski definition) is 2. The smallest absolute Gasteiger partial charge is 0.146 e. The molecule has 0 fully saturated rings. The third-order valence-electron chi connectivity index (χ3n) is 1.90. The van der Waals surface area contributed by atoms with Gasteiger partial charge in [0.25, 0.3) is 0 Å². The molecule has 0 aromatic carbocycles.